The first-order chi connectivity index (χ1) is 13.0. The molecule has 0 radical (unpaired) electrons. The summed E-state index contributed by atoms with van der Waals surface area (Å²) in [6, 6.07) is 26.3. The predicted molar refractivity (Wildman–Crippen MR) is 127 cm³/mol. The van der Waals surface area contributed by atoms with Crippen LogP contribution in [0.3, 0.4) is 0 Å². The minimum Gasteiger partial charge on any atom is -0.0695 e. The fourth-order valence-electron chi connectivity index (χ4n) is 5.68. The van der Waals surface area contributed by atoms with Crippen LogP contribution in [0.15, 0.2) is 60.7 Å². The molecule has 0 N–H and O–H groups in total. The molecule has 2 aromatic rings. The summed E-state index contributed by atoms with van der Waals surface area (Å²) < 4.78 is 0. The first kappa shape index (κ1) is 20.6. The van der Waals surface area contributed by atoms with Gasteiger partial charge in [-0.2, -0.15) is 0 Å². The van der Waals surface area contributed by atoms with Gasteiger partial charge in [0.1, 0.15) is 8.07 Å². The van der Waals surface area contributed by atoms with Crippen molar-refractivity contribution in [1.29, 1.82) is 0 Å². The van der Waals surface area contributed by atoms with Crippen molar-refractivity contribution in [1.82, 2.24) is 0 Å². The fraction of sp³-hybridized carbons (Fsp3) is 0.520. The van der Waals surface area contributed by atoms with Crippen LogP contribution in [0.1, 0.15) is 39.0 Å². The molecule has 3 rings (SSSR count). The average Bonchev–Trinajstić information content (AvgIpc) is 3.01. The van der Waals surface area contributed by atoms with Crippen molar-refractivity contribution in [2.24, 2.45) is 5.92 Å². The van der Waals surface area contributed by atoms with E-state index in [9.17, 15) is 0 Å². The summed E-state index contributed by atoms with van der Waals surface area (Å²) in [6.07, 6.45) is 7.04. The molecule has 0 saturated carbocycles. The van der Waals surface area contributed by atoms with Gasteiger partial charge in [-0.05, 0) is 17.5 Å². The van der Waals surface area contributed by atoms with Gasteiger partial charge in [0.2, 0.25) is 0 Å². The maximum atomic E-state index is 2.57. The van der Waals surface area contributed by atoms with E-state index in [1.807, 2.05) is 0 Å². The number of benzene rings is 2. The quantitative estimate of drug-likeness (QED) is 0.351. The van der Waals surface area contributed by atoms with Crippen LogP contribution in [-0.4, -0.2) is 16.1 Å². The zero-order valence-corrected chi connectivity index (χ0v) is 19.9. The van der Waals surface area contributed by atoms with Gasteiger partial charge in [0, 0.05) is 8.07 Å². The zero-order valence-electron chi connectivity index (χ0n) is 17.9. The minimum atomic E-state index is -1.70. The molecular weight excluding hydrogens is 356 g/mol. The van der Waals surface area contributed by atoms with Crippen LogP contribution in [0.25, 0.3) is 0 Å². The van der Waals surface area contributed by atoms with E-state index in [1.54, 1.807) is 10.4 Å². The Morgan fingerprint density at radius 2 is 1.41 bits per heavy atom. The molecule has 1 aliphatic heterocycles. The molecule has 1 saturated heterocycles. The van der Waals surface area contributed by atoms with E-state index in [4.69, 9.17) is 0 Å². The molecule has 0 aliphatic carbocycles. The van der Waals surface area contributed by atoms with E-state index < -0.39 is 16.1 Å². The molecule has 2 atom stereocenters. The van der Waals surface area contributed by atoms with Gasteiger partial charge >= 0.3 is 0 Å². The van der Waals surface area contributed by atoms with Crippen LogP contribution >= 0.6 is 0 Å². The van der Waals surface area contributed by atoms with Crippen molar-refractivity contribution >= 4 is 26.5 Å². The molecule has 1 fully saturated rings. The normalized spacial score (nSPS) is 22.1. The zero-order chi connectivity index (χ0) is 19.3. The molecule has 146 valence electrons. The lowest BCUT2D eigenvalue weighted by Crippen LogP contribution is -2.59. The summed E-state index contributed by atoms with van der Waals surface area (Å²) in [4.78, 5) is 0. The molecule has 0 amide bonds. The van der Waals surface area contributed by atoms with Crippen LogP contribution in [0, 0.1) is 5.92 Å². The molecule has 0 unspecified atom stereocenters. The molecule has 2 heteroatoms. The first-order valence-corrected chi connectivity index (χ1v) is 17.1. The van der Waals surface area contributed by atoms with Crippen LogP contribution in [0.2, 0.25) is 37.3 Å². The van der Waals surface area contributed by atoms with Crippen molar-refractivity contribution in [2.75, 3.05) is 0 Å². The summed E-state index contributed by atoms with van der Waals surface area (Å²) in [7, 11) is -2.76. The van der Waals surface area contributed by atoms with Crippen molar-refractivity contribution in [2.45, 2.75) is 76.3 Å². The standard InChI is InChI=1S/C25H38Si2/c1-5-6-9-18-25-22(21-26(2,3)4)19-20-27(25,23-14-10-7-11-15-23)24-16-12-8-13-17-24/h7-8,10-17,22,25H,5-6,9,18-21H2,1-4H3/t22-,25-/m0/s1. The van der Waals surface area contributed by atoms with Gasteiger partial charge in [-0.3, -0.25) is 0 Å². The minimum absolute atomic E-state index is 0.917. The van der Waals surface area contributed by atoms with E-state index in [0.717, 1.165) is 11.5 Å². The third kappa shape index (κ3) is 4.66. The van der Waals surface area contributed by atoms with E-state index >= 15 is 0 Å². The van der Waals surface area contributed by atoms with Crippen LogP contribution in [0.4, 0.5) is 0 Å². The first-order valence-electron chi connectivity index (χ1n) is 11.1. The van der Waals surface area contributed by atoms with Gasteiger partial charge in [-0.25, -0.2) is 0 Å². The Bertz CT molecular complexity index is 648. The second kappa shape index (κ2) is 8.92. The third-order valence-electron chi connectivity index (χ3n) is 6.68. The van der Waals surface area contributed by atoms with Crippen molar-refractivity contribution in [3.63, 3.8) is 0 Å². The SMILES string of the molecule is CCCCC[C@H]1[C@H](C[Si](C)(C)C)CC[Si]1(c1ccccc1)c1ccccc1. The van der Waals surface area contributed by atoms with Gasteiger partial charge in [0.15, 0.2) is 0 Å². The molecule has 0 spiro atoms. The van der Waals surface area contributed by atoms with Crippen molar-refractivity contribution in [3.8, 4) is 0 Å². The van der Waals surface area contributed by atoms with E-state index in [1.165, 1.54) is 44.2 Å². The summed E-state index contributed by atoms with van der Waals surface area (Å²) >= 11 is 0. The molecule has 27 heavy (non-hydrogen) atoms. The highest BCUT2D eigenvalue weighted by Gasteiger charge is 2.52. The Kier molecular flexibility index (Phi) is 6.80. The Hall–Kier alpha value is -1.13. The molecule has 2 aromatic carbocycles. The van der Waals surface area contributed by atoms with Gasteiger partial charge in [-0.15, -0.1) is 0 Å². The second-order valence-electron chi connectivity index (χ2n) is 9.87. The molecule has 0 aromatic heterocycles. The highest BCUT2D eigenvalue weighted by molar-refractivity contribution is 7.03. The van der Waals surface area contributed by atoms with Gasteiger partial charge in [0.25, 0.3) is 0 Å². The molecule has 0 bridgehead atoms. The molecular formula is C25H38Si2. The monoisotopic (exact) mass is 394 g/mol. The van der Waals surface area contributed by atoms with Crippen molar-refractivity contribution < 1.29 is 0 Å². The predicted octanol–water partition coefficient (Wildman–Crippen LogP) is 6.56. The van der Waals surface area contributed by atoms with E-state index in [2.05, 4.69) is 87.2 Å². The highest BCUT2D eigenvalue weighted by Crippen LogP contribution is 2.50. The Labute approximate surface area is 169 Å². The van der Waals surface area contributed by atoms with Gasteiger partial charge < -0.3 is 0 Å². The Morgan fingerprint density at radius 1 is 0.852 bits per heavy atom. The molecule has 1 aliphatic rings. The summed E-state index contributed by atoms with van der Waals surface area (Å²) in [5, 5.41) is 3.38. The molecule has 0 nitrogen and oxygen atoms in total. The van der Waals surface area contributed by atoms with Crippen LogP contribution in [-0.2, 0) is 0 Å². The smallest absolute Gasteiger partial charge is 0.0695 e. The lowest BCUT2D eigenvalue weighted by Gasteiger charge is -2.38. The summed E-state index contributed by atoms with van der Waals surface area (Å²) in [6.45, 7) is 10.1. The lowest BCUT2D eigenvalue weighted by molar-refractivity contribution is 0.495. The third-order valence-corrected chi connectivity index (χ3v) is 14.3. The Balaban J connectivity index is 2.06. The van der Waals surface area contributed by atoms with Gasteiger partial charge in [-0.1, -0.05) is 136 Å². The summed E-state index contributed by atoms with van der Waals surface area (Å²) in [5.41, 5.74) is 0.917. The topological polar surface area (TPSA) is 0 Å². The maximum absolute atomic E-state index is 2.57. The number of rotatable bonds is 8. The van der Waals surface area contributed by atoms with Gasteiger partial charge in [0.05, 0.1) is 0 Å². The Morgan fingerprint density at radius 3 is 1.89 bits per heavy atom. The largest absolute Gasteiger partial charge is 0.121 e. The molecule has 1 heterocycles. The maximum Gasteiger partial charge on any atom is 0.121 e. The number of hydrogen-bond donors (Lipinski definition) is 0. The highest BCUT2D eigenvalue weighted by atomic mass is 28.3. The number of hydrogen-bond acceptors (Lipinski definition) is 0. The average molecular weight is 395 g/mol. The van der Waals surface area contributed by atoms with Crippen LogP contribution in [0.5, 0.6) is 0 Å². The van der Waals surface area contributed by atoms with Crippen LogP contribution < -0.4 is 10.4 Å². The fourth-order valence-corrected chi connectivity index (χ4v) is 14.3. The number of unbranched alkanes of at least 4 members (excludes halogenated alkanes) is 2. The van der Waals surface area contributed by atoms with E-state index in [0.29, 0.717) is 0 Å². The van der Waals surface area contributed by atoms with Crippen molar-refractivity contribution in [3.05, 3.63) is 60.7 Å². The lowest BCUT2D eigenvalue weighted by atomic mass is 10.00. The van der Waals surface area contributed by atoms with E-state index in [-0.39, 0.29) is 0 Å². The summed E-state index contributed by atoms with van der Waals surface area (Å²) in [5.74, 6) is 0.945. The second-order valence-corrected chi connectivity index (χ2v) is 19.7.